The molecule has 0 aliphatic heterocycles. The normalized spacial score (nSPS) is 12.5. The molecule has 0 aliphatic carbocycles. The highest BCUT2D eigenvalue weighted by Crippen LogP contribution is 2.29. The zero-order valence-corrected chi connectivity index (χ0v) is 13.6. The summed E-state index contributed by atoms with van der Waals surface area (Å²) in [5.41, 5.74) is 1.64. The van der Waals surface area contributed by atoms with E-state index in [-0.39, 0.29) is 17.1 Å². The van der Waals surface area contributed by atoms with Crippen LogP contribution in [0.3, 0.4) is 0 Å². The minimum absolute atomic E-state index is 0.0240. The molecule has 0 saturated carbocycles. The van der Waals surface area contributed by atoms with Crippen molar-refractivity contribution >= 4 is 23.5 Å². The van der Waals surface area contributed by atoms with Gasteiger partial charge in [0.15, 0.2) is 17.8 Å². The largest absolute Gasteiger partial charge is 0.504 e. The standard InChI is InChI=1S/C17H19ClO4/c1-5-22-16-7-6-13(9-15(16)18)11(2)8-14(10-19)17(20)12(3)21-4/h6-10,20H,3,5H2,1-2,4H3/b11-8+,17-14-. The molecule has 0 atom stereocenters. The van der Waals surface area contributed by atoms with Gasteiger partial charge in [-0.2, -0.15) is 0 Å². The number of allylic oxidation sites excluding steroid dienone is 3. The molecular formula is C17H19ClO4. The predicted molar refractivity (Wildman–Crippen MR) is 88.1 cm³/mol. The van der Waals surface area contributed by atoms with Gasteiger partial charge >= 0.3 is 0 Å². The van der Waals surface area contributed by atoms with E-state index in [0.29, 0.717) is 23.7 Å². The molecule has 0 saturated heterocycles. The Morgan fingerprint density at radius 2 is 2.14 bits per heavy atom. The Hall–Kier alpha value is -2.20. The lowest BCUT2D eigenvalue weighted by atomic mass is 10.0. The van der Waals surface area contributed by atoms with Crippen molar-refractivity contribution in [3.8, 4) is 5.75 Å². The number of methoxy groups -OCH3 is 1. The molecule has 4 nitrogen and oxygen atoms in total. The van der Waals surface area contributed by atoms with Gasteiger partial charge in [-0.3, -0.25) is 4.79 Å². The summed E-state index contributed by atoms with van der Waals surface area (Å²) in [5, 5.41) is 10.4. The summed E-state index contributed by atoms with van der Waals surface area (Å²) < 4.78 is 10.2. The number of hydrogen-bond acceptors (Lipinski definition) is 4. The maximum atomic E-state index is 11.1. The molecule has 0 spiro atoms. The number of ether oxygens (including phenoxy) is 2. The van der Waals surface area contributed by atoms with Gasteiger partial charge in [0.05, 0.1) is 24.3 Å². The van der Waals surface area contributed by atoms with Crippen LogP contribution in [0.15, 0.2) is 47.9 Å². The lowest BCUT2D eigenvalue weighted by molar-refractivity contribution is -0.104. The van der Waals surface area contributed by atoms with Gasteiger partial charge in [0.2, 0.25) is 0 Å². The summed E-state index contributed by atoms with van der Waals surface area (Å²) in [7, 11) is 1.36. The molecule has 1 aromatic carbocycles. The third-order valence-corrected chi connectivity index (χ3v) is 3.27. The van der Waals surface area contributed by atoms with Crippen LogP contribution < -0.4 is 4.74 Å². The third-order valence-electron chi connectivity index (χ3n) is 2.97. The monoisotopic (exact) mass is 322 g/mol. The van der Waals surface area contributed by atoms with E-state index >= 15 is 0 Å². The van der Waals surface area contributed by atoms with E-state index in [1.54, 1.807) is 25.1 Å². The summed E-state index contributed by atoms with van der Waals surface area (Å²) >= 11 is 6.14. The molecule has 0 fully saturated rings. The molecule has 5 heteroatoms. The molecule has 0 bridgehead atoms. The van der Waals surface area contributed by atoms with Crippen LogP contribution in [0.5, 0.6) is 5.75 Å². The summed E-state index contributed by atoms with van der Waals surface area (Å²) in [6.45, 7) is 7.72. The molecule has 1 aromatic rings. The lowest BCUT2D eigenvalue weighted by Gasteiger charge is -2.09. The number of carbonyl (C=O) groups is 1. The number of carbonyl (C=O) groups excluding carboxylic acids is 1. The first kappa shape index (κ1) is 17.9. The second kappa shape index (κ2) is 8.29. The first-order valence-corrected chi connectivity index (χ1v) is 7.05. The van der Waals surface area contributed by atoms with Crippen molar-refractivity contribution in [2.75, 3.05) is 13.7 Å². The van der Waals surface area contributed by atoms with E-state index in [4.69, 9.17) is 21.1 Å². The van der Waals surface area contributed by atoms with Gasteiger partial charge in [0.1, 0.15) is 5.75 Å². The van der Waals surface area contributed by atoms with Gasteiger partial charge in [0, 0.05) is 0 Å². The van der Waals surface area contributed by atoms with E-state index in [2.05, 4.69) is 6.58 Å². The topological polar surface area (TPSA) is 55.8 Å². The molecule has 118 valence electrons. The number of aliphatic hydroxyl groups is 1. The number of halogens is 1. The number of aliphatic hydroxyl groups excluding tert-OH is 1. The van der Waals surface area contributed by atoms with Crippen LogP contribution >= 0.6 is 11.6 Å². The van der Waals surface area contributed by atoms with Crippen LogP contribution in [0.2, 0.25) is 5.02 Å². The third kappa shape index (κ3) is 4.40. The molecule has 1 N–H and O–H groups in total. The Balaban J connectivity index is 3.18. The first-order chi connectivity index (χ1) is 10.4. The maximum Gasteiger partial charge on any atom is 0.167 e. The van der Waals surface area contributed by atoms with Gasteiger partial charge in [-0.25, -0.2) is 0 Å². The van der Waals surface area contributed by atoms with Crippen molar-refractivity contribution in [3.63, 3.8) is 0 Å². The summed E-state index contributed by atoms with van der Waals surface area (Å²) in [5.74, 6) is 0.326. The Morgan fingerprint density at radius 3 is 2.64 bits per heavy atom. The SMILES string of the molecule is C=C(OC)/C(O)=C(C=O)\C=C(/C)c1ccc(OCC)c(Cl)c1. The fourth-order valence-electron chi connectivity index (χ4n) is 1.75. The van der Waals surface area contributed by atoms with Gasteiger partial charge in [-0.1, -0.05) is 24.2 Å². The van der Waals surface area contributed by atoms with Crippen molar-refractivity contribution in [1.82, 2.24) is 0 Å². The second-order valence-electron chi connectivity index (χ2n) is 4.45. The average molecular weight is 323 g/mol. The Morgan fingerprint density at radius 1 is 1.45 bits per heavy atom. The Kier molecular flexibility index (Phi) is 6.73. The maximum absolute atomic E-state index is 11.1. The lowest BCUT2D eigenvalue weighted by Crippen LogP contribution is -1.97. The molecule has 0 aromatic heterocycles. The van der Waals surface area contributed by atoms with Crippen molar-refractivity contribution in [1.29, 1.82) is 0 Å². The van der Waals surface area contributed by atoms with Crippen LogP contribution in [0.1, 0.15) is 19.4 Å². The molecular weight excluding hydrogens is 304 g/mol. The molecule has 0 amide bonds. The quantitative estimate of drug-likeness (QED) is 0.352. The summed E-state index contributed by atoms with van der Waals surface area (Å²) in [6.07, 6.45) is 2.08. The van der Waals surface area contributed by atoms with E-state index in [0.717, 1.165) is 11.1 Å². The number of hydrogen-bond donors (Lipinski definition) is 1. The Labute approximate surface area is 135 Å². The second-order valence-corrected chi connectivity index (χ2v) is 4.86. The van der Waals surface area contributed by atoms with Crippen LogP contribution in [0.4, 0.5) is 0 Å². The van der Waals surface area contributed by atoms with Crippen LogP contribution in [-0.4, -0.2) is 25.1 Å². The molecule has 0 heterocycles. The van der Waals surface area contributed by atoms with Crippen molar-refractivity contribution in [2.24, 2.45) is 0 Å². The highest BCUT2D eigenvalue weighted by atomic mass is 35.5. The number of benzene rings is 1. The summed E-state index contributed by atoms with van der Waals surface area (Å²) in [6, 6.07) is 5.33. The van der Waals surface area contributed by atoms with Crippen LogP contribution in [0.25, 0.3) is 5.57 Å². The smallest absolute Gasteiger partial charge is 0.167 e. The molecule has 1 rings (SSSR count). The molecule has 0 unspecified atom stereocenters. The highest BCUT2D eigenvalue weighted by Gasteiger charge is 2.09. The van der Waals surface area contributed by atoms with Crippen LogP contribution in [0, 0.1) is 0 Å². The zero-order valence-electron chi connectivity index (χ0n) is 12.9. The van der Waals surface area contributed by atoms with Crippen molar-refractivity contribution < 1.29 is 19.4 Å². The Bertz CT molecular complexity index is 630. The zero-order chi connectivity index (χ0) is 16.7. The van der Waals surface area contributed by atoms with E-state index in [1.807, 2.05) is 13.0 Å². The number of aldehydes is 1. The van der Waals surface area contributed by atoms with Gasteiger partial charge in [-0.05, 0) is 43.2 Å². The highest BCUT2D eigenvalue weighted by molar-refractivity contribution is 6.32. The van der Waals surface area contributed by atoms with Gasteiger partial charge in [0.25, 0.3) is 0 Å². The minimum atomic E-state index is -0.297. The predicted octanol–water partition coefficient (Wildman–Crippen LogP) is 4.31. The van der Waals surface area contributed by atoms with Gasteiger partial charge < -0.3 is 14.6 Å². The van der Waals surface area contributed by atoms with Crippen molar-refractivity contribution in [3.05, 3.63) is 58.5 Å². The van der Waals surface area contributed by atoms with Crippen LogP contribution in [-0.2, 0) is 9.53 Å². The summed E-state index contributed by atoms with van der Waals surface area (Å²) in [4.78, 5) is 11.1. The minimum Gasteiger partial charge on any atom is -0.504 e. The first-order valence-electron chi connectivity index (χ1n) is 6.67. The fourth-order valence-corrected chi connectivity index (χ4v) is 1.99. The fraction of sp³-hybridized carbons (Fsp3) is 0.235. The molecule has 22 heavy (non-hydrogen) atoms. The van der Waals surface area contributed by atoms with Crippen molar-refractivity contribution in [2.45, 2.75) is 13.8 Å². The van der Waals surface area contributed by atoms with Gasteiger partial charge in [-0.15, -0.1) is 0 Å². The van der Waals surface area contributed by atoms with E-state index < -0.39 is 0 Å². The average Bonchev–Trinajstić information content (AvgIpc) is 2.52. The molecule has 0 radical (unpaired) electrons. The van der Waals surface area contributed by atoms with E-state index in [1.165, 1.54) is 7.11 Å². The van der Waals surface area contributed by atoms with E-state index in [9.17, 15) is 9.90 Å². The molecule has 0 aliphatic rings. The number of rotatable bonds is 7.